The van der Waals surface area contributed by atoms with Crippen molar-refractivity contribution in [3.05, 3.63) is 29.5 Å². The summed E-state index contributed by atoms with van der Waals surface area (Å²) >= 11 is 0. The molecule has 5 aliphatic rings. The molecule has 0 spiro atoms. The second-order valence-corrected chi connectivity index (χ2v) is 19.2. The molecule has 0 amide bonds. The summed E-state index contributed by atoms with van der Waals surface area (Å²) in [5, 5.41) is 18.7. The molecule has 2 heterocycles. The van der Waals surface area contributed by atoms with E-state index in [1.807, 2.05) is 0 Å². The van der Waals surface area contributed by atoms with Crippen molar-refractivity contribution in [1.82, 2.24) is 4.98 Å². The van der Waals surface area contributed by atoms with E-state index < -0.39 is 27.0 Å². The summed E-state index contributed by atoms with van der Waals surface area (Å²) < 4.78 is 31.5. The van der Waals surface area contributed by atoms with Gasteiger partial charge < -0.3 is 14.8 Å². The maximum atomic E-state index is 14.7. The van der Waals surface area contributed by atoms with E-state index in [1.165, 1.54) is 0 Å². The average molecular weight is 625 g/mol. The van der Waals surface area contributed by atoms with Crippen molar-refractivity contribution in [3.63, 3.8) is 0 Å². The Morgan fingerprint density at radius 2 is 1.68 bits per heavy atom. The van der Waals surface area contributed by atoms with Gasteiger partial charge in [-0.3, -0.25) is 4.79 Å². The minimum absolute atomic E-state index is 0.0770. The fourth-order valence-electron chi connectivity index (χ4n) is 12.7. The van der Waals surface area contributed by atoms with Gasteiger partial charge in [-0.1, -0.05) is 34.6 Å². The Balaban J connectivity index is 1.34. The number of aromatic amines is 1. The zero-order valence-electron chi connectivity index (χ0n) is 27.8. The number of hydrogen-bond acceptors (Lipinski definition) is 5. The molecule has 44 heavy (non-hydrogen) atoms. The number of nitrogens with two attached hydrogens (primary N) is 1. The van der Waals surface area contributed by atoms with Crippen LogP contribution in [0.2, 0.25) is 0 Å². The smallest absolute Gasteiger partial charge is 0.238 e. The Hall–Kier alpha value is -1.74. The molecule has 2 aromatic rings. The number of ether oxygens (including phenoxy) is 1. The lowest BCUT2D eigenvalue weighted by atomic mass is 9.35. The molecule has 1 aromatic heterocycles. The fraction of sp³-hybridized carbons (Fsp3) is 0.750. The van der Waals surface area contributed by atoms with E-state index in [0.717, 1.165) is 54.3 Å². The minimum atomic E-state index is -3.87. The lowest BCUT2D eigenvalue weighted by Crippen LogP contribution is -2.69. The van der Waals surface area contributed by atoms with Crippen molar-refractivity contribution in [2.75, 3.05) is 0 Å². The summed E-state index contributed by atoms with van der Waals surface area (Å²) in [4.78, 5) is 18.4. The molecule has 4 fully saturated rings. The summed E-state index contributed by atoms with van der Waals surface area (Å²) in [5.41, 5.74) is 1.13. The number of primary sulfonamides is 1. The van der Waals surface area contributed by atoms with Gasteiger partial charge >= 0.3 is 0 Å². The first-order valence-corrected chi connectivity index (χ1v) is 18.3. The SMILES string of the molecule is CC1(C)CCC[C@](C)([C@H]2CC[C@]3(C)[C@@H]2[C@H](O)C[C@@H]2[C@@]4(C)Cc5c([nH]c6ccc(S(N)(=O)=O)cc56)C(C)(C)[C@@H]4C(=O)C[C@]23C)O1. The van der Waals surface area contributed by atoms with Crippen LogP contribution in [-0.2, 0) is 31.4 Å². The molecule has 8 heteroatoms. The van der Waals surface area contributed by atoms with Gasteiger partial charge in [0.2, 0.25) is 10.0 Å². The molecule has 1 saturated heterocycles. The minimum Gasteiger partial charge on any atom is -0.393 e. The number of hydrogen-bond donors (Lipinski definition) is 3. The van der Waals surface area contributed by atoms with Gasteiger partial charge in [0, 0.05) is 34.4 Å². The quantitative estimate of drug-likeness (QED) is 0.357. The highest BCUT2D eigenvalue weighted by Gasteiger charge is 2.73. The van der Waals surface area contributed by atoms with Crippen molar-refractivity contribution in [1.29, 1.82) is 0 Å². The molecule has 4 N–H and O–H groups in total. The number of sulfonamides is 1. The summed E-state index contributed by atoms with van der Waals surface area (Å²) in [7, 11) is -3.87. The molecule has 4 aliphatic carbocycles. The van der Waals surface area contributed by atoms with Crippen LogP contribution in [0.4, 0.5) is 0 Å². The third kappa shape index (κ3) is 3.89. The van der Waals surface area contributed by atoms with Crippen molar-refractivity contribution in [3.8, 4) is 0 Å². The van der Waals surface area contributed by atoms with Gasteiger partial charge in [-0.05, 0) is 123 Å². The topological polar surface area (TPSA) is 122 Å². The maximum absolute atomic E-state index is 14.7. The van der Waals surface area contributed by atoms with E-state index in [0.29, 0.717) is 25.0 Å². The van der Waals surface area contributed by atoms with Crippen LogP contribution in [0.15, 0.2) is 23.1 Å². The number of nitrogens with one attached hydrogen (secondary N) is 1. The number of benzene rings is 1. The first-order valence-electron chi connectivity index (χ1n) is 16.8. The molecule has 7 rings (SSSR count). The van der Waals surface area contributed by atoms with Crippen LogP contribution in [-0.4, -0.2) is 41.6 Å². The lowest BCUT2D eigenvalue weighted by molar-refractivity contribution is -0.239. The number of aliphatic hydroxyl groups excluding tert-OH is 1. The molecule has 1 aliphatic heterocycles. The zero-order chi connectivity index (χ0) is 32.0. The number of aromatic nitrogens is 1. The van der Waals surface area contributed by atoms with Gasteiger partial charge in [-0.15, -0.1) is 0 Å². The Kier molecular flexibility index (Phi) is 6.31. The van der Waals surface area contributed by atoms with Crippen LogP contribution in [0.5, 0.6) is 0 Å². The van der Waals surface area contributed by atoms with Gasteiger partial charge in [-0.2, -0.15) is 0 Å². The first-order chi connectivity index (χ1) is 20.2. The van der Waals surface area contributed by atoms with Gasteiger partial charge in [0.25, 0.3) is 0 Å². The molecular formula is C36H52N2O5S. The number of rotatable bonds is 2. The summed E-state index contributed by atoms with van der Waals surface area (Å²) in [6.07, 6.45) is 6.58. The lowest BCUT2D eigenvalue weighted by Gasteiger charge is -2.69. The molecule has 0 bridgehead atoms. The van der Waals surface area contributed by atoms with E-state index >= 15 is 0 Å². The highest BCUT2D eigenvalue weighted by atomic mass is 32.2. The summed E-state index contributed by atoms with van der Waals surface area (Å²) in [6.45, 7) is 18.1. The molecule has 7 nitrogen and oxygen atoms in total. The highest BCUT2D eigenvalue weighted by Crippen LogP contribution is 2.75. The third-order valence-electron chi connectivity index (χ3n) is 14.3. The number of Topliss-reactive ketones (excluding diaryl/α,β-unsaturated/α-hetero) is 1. The van der Waals surface area contributed by atoms with Gasteiger partial charge in [0.15, 0.2) is 0 Å². The second kappa shape index (κ2) is 8.99. The number of H-pyrrole nitrogens is 1. The van der Waals surface area contributed by atoms with Gasteiger partial charge in [-0.25, -0.2) is 13.6 Å². The number of fused-ring (bicyclic) bond motifs is 8. The van der Waals surface area contributed by atoms with E-state index in [1.54, 1.807) is 18.2 Å². The maximum Gasteiger partial charge on any atom is 0.238 e. The van der Waals surface area contributed by atoms with Crippen LogP contribution in [0, 0.1) is 39.9 Å². The Bertz CT molecular complexity index is 1680. The highest BCUT2D eigenvalue weighted by molar-refractivity contribution is 7.89. The van der Waals surface area contributed by atoms with Crippen LogP contribution in [0.3, 0.4) is 0 Å². The average Bonchev–Trinajstić information content (AvgIpc) is 3.44. The molecule has 9 atom stereocenters. The largest absolute Gasteiger partial charge is 0.393 e. The molecule has 1 aromatic carbocycles. The predicted molar refractivity (Wildman–Crippen MR) is 172 cm³/mol. The molecule has 3 saturated carbocycles. The zero-order valence-corrected chi connectivity index (χ0v) is 28.7. The van der Waals surface area contributed by atoms with Crippen LogP contribution in [0.1, 0.15) is 112 Å². The van der Waals surface area contributed by atoms with Crippen molar-refractivity contribution >= 4 is 26.7 Å². The first kappa shape index (κ1) is 30.9. The van der Waals surface area contributed by atoms with E-state index in [4.69, 9.17) is 9.88 Å². The van der Waals surface area contributed by atoms with E-state index in [9.17, 15) is 18.3 Å². The number of carbonyl (C=O) groups is 1. The van der Waals surface area contributed by atoms with Gasteiger partial charge in [0.05, 0.1) is 22.2 Å². The molecular weight excluding hydrogens is 572 g/mol. The Morgan fingerprint density at radius 1 is 0.977 bits per heavy atom. The van der Waals surface area contributed by atoms with Crippen LogP contribution >= 0.6 is 0 Å². The van der Waals surface area contributed by atoms with Crippen LogP contribution in [0.25, 0.3) is 10.9 Å². The molecule has 0 radical (unpaired) electrons. The standard InChI is InChI=1S/C36H52N2O5S/c1-31(2)13-9-14-36(8,43-31)23-12-15-34(6)28(23)25(39)17-27-33(5)18-22-21-16-20(44(37,41)42)10-11-24(21)38-30(22)32(3,4)29(33)26(40)19-35(27,34)7/h10-11,16,23,25,27-29,38-39H,9,12-15,17-19H2,1-8H3,(H2,37,41,42)/t23-,25+,27+,28-,29-,33+,34+,35+,36+/m0/s1. The van der Waals surface area contributed by atoms with Gasteiger partial charge in [0.1, 0.15) is 5.78 Å². The summed E-state index contributed by atoms with van der Waals surface area (Å²) in [5.74, 6) is 0.569. The normalized spacial score (nSPS) is 44.5. The number of carbonyl (C=O) groups excluding carboxylic acids is 1. The molecule has 0 unspecified atom stereocenters. The number of aliphatic hydroxyl groups is 1. The summed E-state index contributed by atoms with van der Waals surface area (Å²) in [6, 6.07) is 5.05. The monoisotopic (exact) mass is 624 g/mol. The van der Waals surface area contributed by atoms with Crippen molar-refractivity contribution < 1.29 is 23.1 Å². The van der Waals surface area contributed by atoms with Crippen LogP contribution < -0.4 is 5.14 Å². The third-order valence-corrected chi connectivity index (χ3v) is 15.2. The fourth-order valence-corrected chi connectivity index (χ4v) is 13.2. The van der Waals surface area contributed by atoms with E-state index in [-0.39, 0.29) is 50.6 Å². The second-order valence-electron chi connectivity index (χ2n) is 17.6. The van der Waals surface area contributed by atoms with Crippen molar-refractivity contribution in [2.24, 2.45) is 45.1 Å². The number of ketones is 1. The Morgan fingerprint density at radius 3 is 2.34 bits per heavy atom. The predicted octanol–water partition coefficient (Wildman–Crippen LogP) is 6.40. The molecule has 242 valence electrons. The van der Waals surface area contributed by atoms with Crippen molar-refractivity contribution in [2.45, 2.75) is 134 Å². The Labute approximate surface area is 263 Å². The van der Waals surface area contributed by atoms with E-state index in [2.05, 4.69) is 60.4 Å².